The van der Waals surface area contributed by atoms with Crippen LogP contribution in [0.1, 0.15) is 48.1 Å². The molecule has 0 radical (unpaired) electrons. The second-order valence-corrected chi connectivity index (χ2v) is 6.45. The Hall–Kier alpha value is -2.29. The van der Waals surface area contributed by atoms with Crippen molar-refractivity contribution >= 4 is 11.6 Å². The van der Waals surface area contributed by atoms with Gasteiger partial charge in [-0.2, -0.15) is 0 Å². The van der Waals surface area contributed by atoms with Crippen LogP contribution in [-0.2, 0) is 24.1 Å². The molecule has 0 aliphatic heterocycles. The van der Waals surface area contributed by atoms with Crippen LogP contribution in [0.2, 0.25) is 0 Å². The molecule has 0 saturated heterocycles. The molecule has 3 heteroatoms. The normalized spacial score (nSPS) is 14.8. The number of nitrogens with two attached hydrogens (primary N) is 1. The molecule has 0 fully saturated rings. The Morgan fingerprint density at radius 1 is 1.13 bits per heavy atom. The lowest BCUT2D eigenvalue weighted by atomic mass is 9.89. The molecular weight excluding hydrogens is 284 g/mol. The largest absolute Gasteiger partial charge is 0.399 e. The summed E-state index contributed by atoms with van der Waals surface area (Å²) >= 11 is 0. The Balaban J connectivity index is 1.64. The summed E-state index contributed by atoms with van der Waals surface area (Å²) in [6.45, 7) is 2.04. The summed E-state index contributed by atoms with van der Waals surface area (Å²) in [4.78, 5) is 12.2. The van der Waals surface area contributed by atoms with E-state index in [-0.39, 0.29) is 11.9 Å². The maximum Gasteiger partial charge on any atom is 0.224 e. The Labute approximate surface area is 137 Å². The Morgan fingerprint density at radius 3 is 2.70 bits per heavy atom. The minimum Gasteiger partial charge on any atom is -0.399 e. The van der Waals surface area contributed by atoms with Crippen LogP contribution in [0.15, 0.2) is 42.5 Å². The minimum absolute atomic E-state index is 0.0239. The van der Waals surface area contributed by atoms with Crippen molar-refractivity contribution in [3.05, 3.63) is 64.7 Å². The molecule has 23 heavy (non-hydrogen) atoms. The van der Waals surface area contributed by atoms with Crippen molar-refractivity contribution in [1.29, 1.82) is 0 Å². The van der Waals surface area contributed by atoms with Crippen molar-refractivity contribution in [2.75, 3.05) is 5.73 Å². The molecule has 2 aromatic carbocycles. The first-order valence-electron chi connectivity index (χ1n) is 8.37. The summed E-state index contributed by atoms with van der Waals surface area (Å²) in [5.74, 6) is 0.0285. The molecule has 0 spiro atoms. The van der Waals surface area contributed by atoms with E-state index < -0.39 is 0 Å². The monoisotopic (exact) mass is 308 g/mol. The van der Waals surface area contributed by atoms with Crippen molar-refractivity contribution in [3.63, 3.8) is 0 Å². The third kappa shape index (κ3) is 3.92. The summed E-state index contributed by atoms with van der Waals surface area (Å²) in [5, 5.41) is 3.09. The standard InChI is InChI=1S/C20H24N2O/c1-14(17-10-9-16-6-2-3-7-18(16)13-17)22-20(23)12-15-5-4-8-19(21)11-15/h4-5,8-11,13-14H,2-3,6-7,12,21H2,1H3,(H,22,23). The van der Waals surface area contributed by atoms with Gasteiger partial charge in [0.2, 0.25) is 5.91 Å². The second kappa shape index (κ2) is 6.86. The summed E-state index contributed by atoms with van der Waals surface area (Å²) < 4.78 is 0. The van der Waals surface area contributed by atoms with Crippen LogP contribution < -0.4 is 11.1 Å². The fourth-order valence-electron chi connectivity index (χ4n) is 3.29. The van der Waals surface area contributed by atoms with Crippen LogP contribution in [0.5, 0.6) is 0 Å². The van der Waals surface area contributed by atoms with Gasteiger partial charge in [-0.05, 0) is 67.0 Å². The maximum absolute atomic E-state index is 12.2. The molecule has 1 aliphatic carbocycles. The lowest BCUT2D eigenvalue weighted by Gasteiger charge is -2.20. The van der Waals surface area contributed by atoms with Gasteiger partial charge in [0.1, 0.15) is 0 Å². The molecule has 1 unspecified atom stereocenters. The Kier molecular flexibility index (Phi) is 4.65. The molecule has 120 valence electrons. The van der Waals surface area contributed by atoms with Crippen LogP contribution in [-0.4, -0.2) is 5.91 Å². The number of nitrogen functional groups attached to an aromatic ring is 1. The molecule has 0 aromatic heterocycles. The molecule has 0 saturated carbocycles. The zero-order valence-corrected chi connectivity index (χ0v) is 13.6. The number of aryl methyl sites for hydroxylation is 2. The van der Waals surface area contributed by atoms with Gasteiger partial charge >= 0.3 is 0 Å². The van der Waals surface area contributed by atoms with E-state index in [9.17, 15) is 4.79 Å². The van der Waals surface area contributed by atoms with Crippen molar-refractivity contribution in [3.8, 4) is 0 Å². The fraction of sp³-hybridized carbons (Fsp3) is 0.350. The van der Waals surface area contributed by atoms with Crippen LogP contribution >= 0.6 is 0 Å². The third-order valence-electron chi connectivity index (χ3n) is 4.57. The van der Waals surface area contributed by atoms with Crippen LogP contribution in [0.4, 0.5) is 5.69 Å². The van der Waals surface area contributed by atoms with Gasteiger partial charge in [-0.15, -0.1) is 0 Å². The molecule has 0 bridgehead atoms. The van der Waals surface area contributed by atoms with Gasteiger partial charge in [0.15, 0.2) is 0 Å². The maximum atomic E-state index is 12.2. The van der Waals surface area contributed by atoms with Crippen molar-refractivity contribution in [2.45, 2.75) is 45.1 Å². The van der Waals surface area contributed by atoms with Crippen molar-refractivity contribution in [1.82, 2.24) is 5.32 Å². The summed E-state index contributed by atoms with van der Waals surface area (Å²) in [6.07, 6.45) is 5.27. The molecule has 1 amide bonds. The number of carbonyl (C=O) groups is 1. The SMILES string of the molecule is CC(NC(=O)Cc1cccc(N)c1)c1ccc2c(c1)CCCC2. The van der Waals surface area contributed by atoms with Gasteiger partial charge in [0.05, 0.1) is 12.5 Å². The molecule has 3 N–H and O–H groups in total. The predicted octanol–water partition coefficient (Wildman–Crippen LogP) is 3.57. The number of rotatable bonds is 4. The average Bonchev–Trinajstić information content (AvgIpc) is 2.54. The number of fused-ring (bicyclic) bond motifs is 1. The van der Waals surface area contributed by atoms with Gasteiger partial charge in [-0.1, -0.05) is 30.3 Å². The summed E-state index contributed by atoms with van der Waals surface area (Å²) in [6, 6.07) is 14.2. The quantitative estimate of drug-likeness (QED) is 0.848. The zero-order chi connectivity index (χ0) is 16.2. The van der Waals surface area contributed by atoms with E-state index >= 15 is 0 Å². The van der Waals surface area contributed by atoms with E-state index in [1.165, 1.54) is 36.0 Å². The Morgan fingerprint density at radius 2 is 1.91 bits per heavy atom. The van der Waals surface area contributed by atoms with E-state index in [2.05, 4.69) is 23.5 Å². The highest BCUT2D eigenvalue weighted by atomic mass is 16.1. The van der Waals surface area contributed by atoms with Crippen molar-refractivity contribution in [2.24, 2.45) is 0 Å². The van der Waals surface area contributed by atoms with E-state index in [1.807, 2.05) is 31.2 Å². The molecular formula is C20H24N2O. The molecule has 1 aliphatic rings. The molecule has 3 nitrogen and oxygen atoms in total. The first-order valence-corrected chi connectivity index (χ1v) is 8.37. The lowest BCUT2D eigenvalue weighted by molar-refractivity contribution is -0.121. The van der Waals surface area contributed by atoms with E-state index in [0.717, 1.165) is 12.0 Å². The summed E-state index contributed by atoms with van der Waals surface area (Å²) in [7, 11) is 0. The number of carbonyl (C=O) groups excluding carboxylic acids is 1. The van der Waals surface area contributed by atoms with Crippen LogP contribution in [0.3, 0.4) is 0 Å². The van der Waals surface area contributed by atoms with E-state index in [0.29, 0.717) is 12.1 Å². The van der Waals surface area contributed by atoms with Crippen LogP contribution in [0, 0.1) is 0 Å². The minimum atomic E-state index is 0.0239. The Bertz CT molecular complexity index is 709. The third-order valence-corrected chi connectivity index (χ3v) is 4.57. The first kappa shape index (κ1) is 15.6. The van der Waals surface area contributed by atoms with Crippen molar-refractivity contribution < 1.29 is 4.79 Å². The first-order chi connectivity index (χ1) is 11.1. The number of benzene rings is 2. The number of hydrogen-bond donors (Lipinski definition) is 2. The van der Waals surface area contributed by atoms with Gasteiger partial charge in [0, 0.05) is 5.69 Å². The second-order valence-electron chi connectivity index (χ2n) is 6.45. The number of hydrogen-bond acceptors (Lipinski definition) is 2. The van der Waals surface area contributed by atoms with Gasteiger partial charge < -0.3 is 11.1 Å². The van der Waals surface area contributed by atoms with Crippen LogP contribution in [0.25, 0.3) is 0 Å². The lowest BCUT2D eigenvalue weighted by Crippen LogP contribution is -2.28. The average molecular weight is 308 g/mol. The smallest absolute Gasteiger partial charge is 0.224 e. The number of amides is 1. The zero-order valence-electron chi connectivity index (χ0n) is 13.6. The summed E-state index contributed by atoms with van der Waals surface area (Å²) in [5.41, 5.74) is 11.5. The highest BCUT2D eigenvalue weighted by molar-refractivity contribution is 5.79. The highest BCUT2D eigenvalue weighted by Crippen LogP contribution is 2.24. The molecule has 1 atom stereocenters. The molecule has 3 rings (SSSR count). The van der Waals surface area contributed by atoms with Gasteiger partial charge in [0.25, 0.3) is 0 Å². The van der Waals surface area contributed by atoms with Gasteiger partial charge in [-0.25, -0.2) is 0 Å². The van der Waals surface area contributed by atoms with E-state index in [1.54, 1.807) is 0 Å². The van der Waals surface area contributed by atoms with E-state index in [4.69, 9.17) is 5.73 Å². The van der Waals surface area contributed by atoms with Gasteiger partial charge in [-0.3, -0.25) is 4.79 Å². The molecule has 0 heterocycles. The number of nitrogens with one attached hydrogen (secondary N) is 1. The predicted molar refractivity (Wildman–Crippen MR) is 94.2 cm³/mol. The fourth-order valence-corrected chi connectivity index (χ4v) is 3.29. The number of anilines is 1. The topological polar surface area (TPSA) is 55.1 Å². The highest BCUT2D eigenvalue weighted by Gasteiger charge is 2.14. The molecule has 2 aromatic rings.